The van der Waals surface area contributed by atoms with Crippen molar-refractivity contribution in [3.63, 3.8) is 0 Å². The highest BCUT2D eigenvalue weighted by Crippen LogP contribution is 2.22. The normalized spacial score (nSPS) is 10.0. The van der Waals surface area contributed by atoms with Crippen LogP contribution in [0.4, 0.5) is 0 Å². The van der Waals surface area contributed by atoms with Crippen LogP contribution in [0.1, 0.15) is 69.4 Å². The fraction of sp³-hybridized carbons (Fsp3) is 0.556. The molecule has 0 aliphatic heterocycles. The second-order valence-electron chi connectivity index (χ2n) is 5.25. The molecule has 112 valence electrons. The first-order chi connectivity index (χ1) is 10.3. The summed E-state index contributed by atoms with van der Waals surface area (Å²) in [5.41, 5.74) is 0.951. The van der Waals surface area contributed by atoms with Crippen LogP contribution in [0.5, 0.6) is 0 Å². The lowest BCUT2D eigenvalue weighted by Crippen LogP contribution is -1.86. The van der Waals surface area contributed by atoms with Crippen LogP contribution in [-0.2, 0) is 0 Å². The molecule has 0 heterocycles. The van der Waals surface area contributed by atoms with E-state index in [9.17, 15) is 0 Å². The largest absolute Gasteiger partial charge is 0.192 e. The van der Waals surface area contributed by atoms with E-state index in [0.717, 1.165) is 10.6 Å². The first kappa shape index (κ1) is 17.6. The van der Waals surface area contributed by atoms with Crippen molar-refractivity contribution in [3.8, 4) is 12.1 Å². The van der Waals surface area contributed by atoms with Crippen LogP contribution < -0.4 is 0 Å². The van der Waals surface area contributed by atoms with Gasteiger partial charge in [-0.2, -0.15) is 10.5 Å². The number of nitrogens with zero attached hydrogens (tertiary/aromatic N) is 2. The molecule has 1 aromatic rings. The minimum atomic E-state index is 0.467. The molecule has 1 aromatic carbocycles. The summed E-state index contributed by atoms with van der Waals surface area (Å²) < 4.78 is 0. The maximum Gasteiger partial charge on any atom is 0.101 e. The summed E-state index contributed by atoms with van der Waals surface area (Å²) in [6.45, 7) is 2.25. The van der Waals surface area contributed by atoms with Gasteiger partial charge in [0.25, 0.3) is 0 Å². The SMILES string of the molecule is CCCCCCCCCCSc1ccc(C#N)c(C#N)c1. The van der Waals surface area contributed by atoms with Gasteiger partial charge in [0, 0.05) is 4.90 Å². The summed E-state index contributed by atoms with van der Waals surface area (Å²) in [7, 11) is 0. The second-order valence-corrected chi connectivity index (χ2v) is 6.42. The highest BCUT2D eigenvalue weighted by molar-refractivity contribution is 7.99. The molecule has 1 rings (SSSR count). The Hall–Kier alpha value is -1.45. The lowest BCUT2D eigenvalue weighted by Gasteiger charge is -2.04. The van der Waals surface area contributed by atoms with E-state index < -0.39 is 0 Å². The summed E-state index contributed by atoms with van der Waals surface area (Å²) in [6, 6.07) is 9.64. The van der Waals surface area contributed by atoms with Crippen molar-refractivity contribution >= 4 is 11.8 Å². The van der Waals surface area contributed by atoms with Gasteiger partial charge in [-0.05, 0) is 30.4 Å². The third-order valence-electron chi connectivity index (χ3n) is 3.50. The minimum absolute atomic E-state index is 0.467. The summed E-state index contributed by atoms with van der Waals surface area (Å²) in [6.07, 6.45) is 10.7. The minimum Gasteiger partial charge on any atom is -0.192 e. The zero-order valence-corrected chi connectivity index (χ0v) is 13.7. The van der Waals surface area contributed by atoms with E-state index >= 15 is 0 Å². The molecule has 0 aliphatic rings. The lowest BCUT2D eigenvalue weighted by molar-refractivity contribution is 0.586. The maximum atomic E-state index is 8.99. The monoisotopic (exact) mass is 300 g/mol. The van der Waals surface area contributed by atoms with Crippen LogP contribution in [0.15, 0.2) is 23.1 Å². The van der Waals surface area contributed by atoms with Crippen molar-refractivity contribution in [3.05, 3.63) is 29.3 Å². The summed E-state index contributed by atoms with van der Waals surface area (Å²) >= 11 is 1.78. The van der Waals surface area contributed by atoms with Crippen molar-refractivity contribution in [1.29, 1.82) is 10.5 Å². The fourth-order valence-corrected chi connectivity index (χ4v) is 3.18. The van der Waals surface area contributed by atoms with Crippen LogP contribution in [0.25, 0.3) is 0 Å². The Morgan fingerprint density at radius 1 is 0.857 bits per heavy atom. The van der Waals surface area contributed by atoms with Crippen molar-refractivity contribution in [2.45, 2.75) is 63.2 Å². The van der Waals surface area contributed by atoms with E-state index in [0.29, 0.717) is 11.1 Å². The number of thioether (sulfide) groups is 1. The Morgan fingerprint density at radius 3 is 2.10 bits per heavy atom. The molecule has 0 saturated heterocycles. The van der Waals surface area contributed by atoms with Gasteiger partial charge >= 0.3 is 0 Å². The molecule has 0 N–H and O–H groups in total. The molecule has 0 spiro atoms. The molecule has 0 aliphatic carbocycles. The first-order valence-electron chi connectivity index (χ1n) is 7.89. The van der Waals surface area contributed by atoms with Gasteiger partial charge in [-0.1, -0.05) is 51.9 Å². The Balaban J connectivity index is 2.16. The number of unbranched alkanes of at least 4 members (excludes halogenated alkanes) is 7. The maximum absolute atomic E-state index is 8.99. The van der Waals surface area contributed by atoms with Crippen molar-refractivity contribution in [2.24, 2.45) is 0 Å². The molecular weight excluding hydrogens is 276 g/mol. The van der Waals surface area contributed by atoms with Crippen LogP contribution in [0.2, 0.25) is 0 Å². The molecule has 0 saturated carbocycles. The number of nitriles is 2. The van der Waals surface area contributed by atoms with Gasteiger partial charge in [0.2, 0.25) is 0 Å². The van der Waals surface area contributed by atoms with Crippen molar-refractivity contribution < 1.29 is 0 Å². The topological polar surface area (TPSA) is 47.6 Å². The van der Waals surface area contributed by atoms with Gasteiger partial charge in [0.05, 0.1) is 11.1 Å². The Morgan fingerprint density at radius 2 is 1.48 bits per heavy atom. The lowest BCUT2D eigenvalue weighted by atomic mass is 10.1. The first-order valence-corrected chi connectivity index (χ1v) is 8.87. The summed E-state index contributed by atoms with van der Waals surface area (Å²) in [5, 5.41) is 17.9. The standard InChI is InChI=1S/C18H24N2S/c1-2-3-4-5-6-7-8-9-12-21-18-11-10-16(14-19)17(13-18)15-20/h10-11,13H,2-9,12H2,1H3. The quantitative estimate of drug-likeness (QED) is 0.413. The number of hydrogen-bond acceptors (Lipinski definition) is 3. The van der Waals surface area contributed by atoms with E-state index in [-0.39, 0.29) is 0 Å². The predicted molar refractivity (Wildman–Crippen MR) is 89.2 cm³/mol. The van der Waals surface area contributed by atoms with E-state index in [1.54, 1.807) is 17.8 Å². The fourth-order valence-electron chi connectivity index (χ4n) is 2.23. The highest BCUT2D eigenvalue weighted by Gasteiger charge is 2.03. The molecule has 21 heavy (non-hydrogen) atoms. The molecule has 0 fully saturated rings. The second kappa shape index (κ2) is 11.2. The summed E-state index contributed by atoms with van der Waals surface area (Å²) in [5.74, 6) is 1.09. The van der Waals surface area contributed by atoms with Gasteiger partial charge in [0.15, 0.2) is 0 Å². The molecular formula is C18H24N2S. The molecule has 0 amide bonds. The molecule has 0 radical (unpaired) electrons. The molecule has 3 heteroatoms. The molecule has 0 aromatic heterocycles. The van der Waals surface area contributed by atoms with Crippen molar-refractivity contribution in [2.75, 3.05) is 5.75 Å². The van der Waals surface area contributed by atoms with E-state index in [1.807, 2.05) is 18.2 Å². The molecule has 0 atom stereocenters. The smallest absolute Gasteiger partial charge is 0.101 e. The van der Waals surface area contributed by atoms with Gasteiger partial charge in [-0.15, -0.1) is 11.8 Å². The Labute approximate surface area is 133 Å². The third kappa shape index (κ3) is 7.21. The number of benzene rings is 1. The average Bonchev–Trinajstić information content (AvgIpc) is 2.53. The van der Waals surface area contributed by atoms with Gasteiger partial charge in [0.1, 0.15) is 12.1 Å². The van der Waals surface area contributed by atoms with Crippen LogP contribution in [-0.4, -0.2) is 5.75 Å². The molecule has 2 nitrogen and oxygen atoms in total. The Bertz CT molecular complexity index is 497. The highest BCUT2D eigenvalue weighted by atomic mass is 32.2. The summed E-state index contributed by atoms with van der Waals surface area (Å²) in [4.78, 5) is 1.09. The number of hydrogen-bond donors (Lipinski definition) is 0. The zero-order chi connectivity index (χ0) is 15.3. The average molecular weight is 300 g/mol. The third-order valence-corrected chi connectivity index (χ3v) is 4.58. The van der Waals surface area contributed by atoms with Crippen molar-refractivity contribution in [1.82, 2.24) is 0 Å². The van der Waals surface area contributed by atoms with Crippen LogP contribution >= 0.6 is 11.8 Å². The van der Waals surface area contributed by atoms with Crippen LogP contribution in [0.3, 0.4) is 0 Å². The van der Waals surface area contributed by atoms with Gasteiger partial charge in [-0.25, -0.2) is 0 Å². The van der Waals surface area contributed by atoms with E-state index in [1.165, 1.54) is 51.4 Å². The van der Waals surface area contributed by atoms with E-state index in [2.05, 4.69) is 13.0 Å². The Kier molecular flexibility index (Phi) is 9.42. The zero-order valence-electron chi connectivity index (χ0n) is 12.9. The number of rotatable bonds is 10. The molecule has 0 unspecified atom stereocenters. The van der Waals surface area contributed by atoms with Gasteiger partial charge in [-0.3, -0.25) is 0 Å². The van der Waals surface area contributed by atoms with Gasteiger partial charge < -0.3 is 0 Å². The van der Waals surface area contributed by atoms with Crippen LogP contribution in [0, 0.1) is 22.7 Å². The molecule has 0 bridgehead atoms. The predicted octanol–water partition coefficient (Wildman–Crippen LogP) is 5.66. The van der Waals surface area contributed by atoms with E-state index in [4.69, 9.17) is 10.5 Å².